The van der Waals surface area contributed by atoms with Gasteiger partial charge >= 0.3 is 0 Å². The molecule has 0 aliphatic heterocycles. The number of likely N-dealkylation sites (N-methyl/N-ethyl adjacent to an activating group) is 1. The van der Waals surface area contributed by atoms with Crippen molar-refractivity contribution >= 4 is 11.6 Å². The molecule has 0 atom stereocenters. The van der Waals surface area contributed by atoms with Crippen LogP contribution in [0, 0.1) is 6.92 Å². The first kappa shape index (κ1) is 20.3. The number of rotatable bonds is 8. The number of para-hydroxylation sites is 1. The molecular weight excluding hydrogens is 364 g/mol. The van der Waals surface area contributed by atoms with E-state index in [1.54, 1.807) is 6.07 Å². The molecule has 3 aromatic rings. The Bertz CT molecular complexity index is 997. The van der Waals surface area contributed by atoms with Gasteiger partial charge in [-0.05, 0) is 32.0 Å². The van der Waals surface area contributed by atoms with E-state index < -0.39 is 0 Å². The minimum Gasteiger partial charge on any atom is -0.370 e. The van der Waals surface area contributed by atoms with Crippen molar-refractivity contribution < 1.29 is 4.79 Å². The maximum Gasteiger partial charge on any atom is 0.267 e. The monoisotopic (exact) mass is 390 g/mol. The maximum atomic E-state index is 12.3. The summed E-state index contributed by atoms with van der Waals surface area (Å²) >= 11 is 0. The third-order valence-electron chi connectivity index (χ3n) is 4.71. The van der Waals surface area contributed by atoms with Gasteiger partial charge in [-0.3, -0.25) is 9.59 Å². The predicted octanol–water partition coefficient (Wildman–Crippen LogP) is 2.86. The zero-order chi connectivity index (χ0) is 20.6. The van der Waals surface area contributed by atoms with Crippen molar-refractivity contribution in [2.45, 2.75) is 20.4 Å². The largest absolute Gasteiger partial charge is 0.370 e. The van der Waals surface area contributed by atoms with Crippen LogP contribution < -0.4 is 15.8 Å². The zero-order valence-corrected chi connectivity index (χ0v) is 16.8. The number of aryl methyl sites for hydroxylation is 1. The van der Waals surface area contributed by atoms with Gasteiger partial charge in [0.2, 0.25) is 5.91 Å². The second-order valence-corrected chi connectivity index (χ2v) is 6.85. The fraction of sp³-hybridized carbons (Fsp3) is 0.261. The maximum absolute atomic E-state index is 12.3. The molecule has 6 nitrogen and oxygen atoms in total. The molecule has 2 aromatic carbocycles. The Morgan fingerprint density at radius 1 is 1.03 bits per heavy atom. The summed E-state index contributed by atoms with van der Waals surface area (Å²) in [6.07, 6.45) is 0. The second-order valence-electron chi connectivity index (χ2n) is 6.85. The van der Waals surface area contributed by atoms with Crippen LogP contribution in [0.5, 0.6) is 0 Å². The highest BCUT2D eigenvalue weighted by Gasteiger charge is 2.09. The van der Waals surface area contributed by atoms with E-state index in [4.69, 9.17) is 0 Å². The molecule has 0 saturated heterocycles. The molecular formula is C23H26N4O2. The number of hydrogen-bond acceptors (Lipinski definition) is 4. The number of nitrogens with zero attached hydrogens (tertiary/aromatic N) is 3. The van der Waals surface area contributed by atoms with Gasteiger partial charge in [-0.2, -0.15) is 5.10 Å². The summed E-state index contributed by atoms with van der Waals surface area (Å²) in [5, 5.41) is 7.23. The van der Waals surface area contributed by atoms with Crippen LogP contribution >= 0.6 is 0 Å². The highest BCUT2D eigenvalue weighted by atomic mass is 16.2. The first-order valence-corrected chi connectivity index (χ1v) is 9.78. The number of carbonyl (C=O) groups excluding carboxylic acids is 1. The third-order valence-corrected chi connectivity index (χ3v) is 4.71. The van der Waals surface area contributed by atoms with E-state index in [2.05, 4.69) is 22.2 Å². The van der Waals surface area contributed by atoms with Gasteiger partial charge in [0.05, 0.1) is 5.69 Å². The molecule has 150 valence electrons. The van der Waals surface area contributed by atoms with Crippen LogP contribution in [-0.4, -0.2) is 35.3 Å². The molecule has 0 spiro atoms. The van der Waals surface area contributed by atoms with E-state index in [1.165, 1.54) is 10.7 Å². The quantitative estimate of drug-likeness (QED) is 0.642. The van der Waals surface area contributed by atoms with E-state index in [0.717, 1.165) is 23.4 Å². The average Bonchev–Trinajstić information content (AvgIpc) is 2.74. The molecule has 0 bridgehead atoms. The molecule has 29 heavy (non-hydrogen) atoms. The predicted molar refractivity (Wildman–Crippen MR) is 116 cm³/mol. The molecule has 0 unspecified atom stereocenters. The van der Waals surface area contributed by atoms with Crippen molar-refractivity contribution in [1.82, 2.24) is 15.1 Å². The van der Waals surface area contributed by atoms with Gasteiger partial charge in [0.1, 0.15) is 6.54 Å². The van der Waals surface area contributed by atoms with Crippen molar-refractivity contribution in [2.24, 2.45) is 0 Å². The summed E-state index contributed by atoms with van der Waals surface area (Å²) in [5.41, 5.74) is 3.55. The molecule has 6 heteroatoms. The summed E-state index contributed by atoms with van der Waals surface area (Å²) in [5.74, 6) is -0.232. The Labute approximate surface area is 170 Å². The Balaban J connectivity index is 1.59. The molecule has 0 radical (unpaired) electrons. The number of amides is 1. The Morgan fingerprint density at radius 3 is 2.45 bits per heavy atom. The smallest absolute Gasteiger partial charge is 0.267 e. The van der Waals surface area contributed by atoms with Gasteiger partial charge in [-0.15, -0.1) is 0 Å². The molecule has 1 aromatic heterocycles. The van der Waals surface area contributed by atoms with Crippen LogP contribution in [0.2, 0.25) is 0 Å². The van der Waals surface area contributed by atoms with Gasteiger partial charge in [0.25, 0.3) is 5.56 Å². The lowest BCUT2D eigenvalue weighted by molar-refractivity contribution is -0.121. The van der Waals surface area contributed by atoms with Crippen molar-refractivity contribution in [1.29, 1.82) is 0 Å². The molecule has 1 N–H and O–H groups in total. The van der Waals surface area contributed by atoms with Crippen LogP contribution in [0.4, 0.5) is 5.69 Å². The number of nitrogens with one attached hydrogen (secondary N) is 1. The van der Waals surface area contributed by atoms with E-state index in [0.29, 0.717) is 18.8 Å². The molecule has 0 aliphatic rings. The number of hydrogen-bond donors (Lipinski definition) is 1. The van der Waals surface area contributed by atoms with E-state index in [-0.39, 0.29) is 18.0 Å². The minimum atomic E-state index is -0.296. The Kier molecular flexibility index (Phi) is 6.79. The number of aromatic nitrogens is 2. The Morgan fingerprint density at radius 2 is 1.76 bits per heavy atom. The summed E-state index contributed by atoms with van der Waals surface area (Å²) in [7, 11) is 0. The van der Waals surface area contributed by atoms with Crippen molar-refractivity contribution in [3.63, 3.8) is 0 Å². The normalized spacial score (nSPS) is 10.6. The van der Waals surface area contributed by atoms with Crippen LogP contribution in [0.25, 0.3) is 11.3 Å². The number of anilines is 1. The summed E-state index contributed by atoms with van der Waals surface area (Å²) in [4.78, 5) is 26.6. The molecule has 1 amide bonds. The van der Waals surface area contributed by atoms with Gasteiger partial charge in [0, 0.05) is 37.0 Å². The third kappa shape index (κ3) is 5.54. The lowest BCUT2D eigenvalue weighted by atomic mass is 10.1. The van der Waals surface area contributed by atoms with Crippen molar-refractivity contribution in [3.8, 4) is 11.3 Å². The highest BCUT2D eigenvalue weighted by Crippen LogP contribution is 2.15. The second kappa shape index (κ2) is 9.68. The fourth-order valence-corrected chi connectivity index (χ4v) is 3.07. The first-order chi connectivity index (χ1) is 14.1. The topological polar surface area (TPSA) is 67.2 Å². The van der Waals surface area contributed by atoms with Crippen LogP contribution in [0.1, 0.15) is 12.5 Å². The van der Waals surface area contributed by atoms with E-state index >= 15 is 0 Å². The standard InChI is InChI=1S/C23H26N4O2/c1-3-26(20-7-5-4-6-8-20)16-15-24-22(28)17-27-23(29)14-13-21(25-27)19-11-9-18(2)10-12-19/h4-14H,3,15-17H2,1-2H3,(H,24,28). The van der Waals surface area contributed by atoms with Gasteiger partial charge in [-0.25, -0.2) is 4.68 Å². The van der Waals surface area contributed by atoms with Gasteiger partial charge in [-0.1, -0.05) is 48.0 Å². The molecule has 0 saturated carbocycles. The lowest BCUT2D eigenvalue weighted by Crippen LogP contribution is -2.38. The van der Waals surface area contributed by atoms with Crippen LogP contribution in [0.3, 0.4) is 0 Å². The van der Waals surface area contributed by atoms with Gasteiger partial charge < -0.3 is 10.2 Å². The van der Waals surface area contributed by atoms with Crippen molar-refractivity contribution in [3.05, 3.63) is 82.6 Å². The molecule has 1 heterocycles. The summed E-state index contributed by atoms with van der Waals surface area (Å²) in [6, 6.07) is 21.1. The van der Waals surface area contributed by atoms with Crippen LogP contribution in [-0.2, 0) is 11.3 Å². The van der Waals surface area contributed by atoms with Gasteiger partial charge in [0.15, 0.2) is 0 Å². The highest BCUT2D eigenvalue weighted by molar-refractivity contribution is 5.75. The number of carbonyl (C=O) groups is 1. The lowest BCUT2D eigenvalue weighted by Gasteiger charge is -2.23. The Hall–Kier alpha value is -3.41. The first-order valence-electron chi connectivity index (χ1n) is 9.78. The molecule has 0 aliphatic carbocycles. The zero-order valence-electron chi connectivity index (χ0n) is 16.8. The average molecular weight is 390 g/mol. The SMILES string of the molecule is CCN(CCNC(=O)Cn1nc(-c2ccc(C)cc2)ccc1=O)c1ccccc1. The summed E-state index contributed by atoms with van der Waals surface area (Å²) in [6.45, 7) is 6.02. The molecule has 3 rings (SSSR count). The van der Waals surface area contributed by atoms with Crippen molar-refractivity contribution in [2.75, 3.05) is 24.5 Å². The number of benzene rings is 2. The van der Waals surface area contributed by atoms with Crippen LogP contribution in [0.15, 0.2) is 71.5 Å². The summed E-state index contributed by atoms with van der Waals surface area (Å²) < 4.78 is 1.21. The minimum absolute atomic E-state index is 0.101. The fourth-order valence-electron chi connectivity index (χ4n) is 3.07. The molecule has 0 fully saturated rings. The van der Waals surface area contributed by atoms with E-state index in [9.17, 15) is 9.59 Å². The van der Waals surface area contributed by atoms with E-state index in [1.807, 2.05) is 61.5 Å².